The molecule has 0 saturated carbocycles. The van der Waals surface area contributed by atoms with Gasteiger partial charge in [0.2, 0.25) is 0 Å². The van der Waals surface area contributed by atoms with E-state index in [1.807, 2.05) is 41.9 Å². The number of pyridine rings is 1. The fraction of sp³-hybridized carbons (Fsp3) is 0.364. The molecule has 4 nitrogen and oxygen atoms in total. The number of aliphatic hydroxyl groups excluding tert-OH is 1. The van der Waals surface area contributed by atoms with Crippen molar-refractivity contribution in [3.63, 3.8) is 0 Å². The first-order chi connectivity index (χ1) is 7.11. The van der Waals surface area contributed by atoms with E-state index in [2.05, 4.69) is 4.98 Å². The predicted molar refractivity (Wildman–Crippen MR) is 58.6 cm³/mol. The van der Waals surface area contributed by atoms with Crippen LogP contribution in [0.2, 0.25) is 0 Å². The van der Waals surface area contributed by atoms with Crippen molar-refractivity contribution in [3.8, 4) is 0 Å². The van der Waals surface area contributed by atoms with Crippen LogP contribution < -0.4 is 5.73 Å². The van der Waals surface area contributed by atoms with Crippen LogP contribution in [-0.2, 0) is 6.42 Å². The van der Waals surface area contributed by atoms with Gasteiger partial charge in [0.15, 0.2) is 0 Å². The van der Waals surface area contributed by atoms with E-state index >= 15 is 0 Å². The number of aliphatic hydroxyl groups is 1. The normalized spacial score (nSPS) is 15.4. The minimum atomic E-state index is -0.599. The number of hydrogen-bond acceptors (Lipinski definition) is 3. The van der Waals surface area contributed by atoms with E-state index in [9.17, 15) is 0 Å². The maximum Gasteiger partial charge on any atom is 0.136 e. The average Bonchev–Trinajstić information content (AvgIpc) is 2.58. The molecule has 0 aliphatic carbocycles. The Morgan fingerprint density at radius 3 is 3.00 bits per heavy atom. The quantitative estimate of drug-likeness (QED) is 0.770. The van der Waals surface area contributed by atoms with Crippen LogP contribution in [0.15, 0.2) is 30.6 Å². The van der Waals surface area contributed by atoms with Crippen LogP contribution in [-0.4, -0.2) is 26.6 Å². The first-order valence-corrected chi connectivity index (χ1v) is 4.93. The van der Waals surface area contributed by atoms with Crippen molar-refractivity contribution in [2.45, 2.75) is 18.9 Å². The number of hydrogen-bond donors (Lipinski definition) is 2. The molecule has 0 aromatic carbocycles. The van der Waals surface area contributed by atoms with Gasteiger partial charge in [0, 0.05) is 24.4 Å². The van der Waals surface area contributed by atoms with Gasteiger partial charge in [-0.05, 0) is 19.1 Å². The number of nitrogens with two attached hydrogens (primary N) is 1. The lowest BCUT2D eigenvalue weighted by molar-refractivity contribution is 0.207. The first kappa shape index (κ1) is 10.1. The molecule has 0 saturated heterocycles. The van der Waals surface area contributed by atoms with Gasteiger partial charge in [0.05, 0.1) is 12.3 Å². The molecule has 2 rings (SSSR count). The molecule has 1 unspecified atom stereocenters. The Labute approximate surface area is 88.4 Å². The largest absolute Gasteiger partial charge is 0.394 e. The molecular weight excluding hydrogens is 190 g/mol. The molecule has 0 aliphatic heterocycles. The van der Waals surface area contributed by atoms with Crippen LogP contribution in [0.3, 0.4) is 0 Å². The van der Waals surface area contributed by atoms with Gasteiger partial charge >= 0.3 is 0 Å². The molecule has 80 valence electrons. The van der Waals surface area contributed by atoms with Gasteiger partial charge < -0.3 is 15.2 Å². The highest BCUT2D eigenvalue weighted by molar-refractivity contribution is 5.39. The average molecular weight is 205 g/mol. The van der Waals surface area contributed by atoms with Crippen molar-refractivity contribution in [1.82, 2.24) is 9.38 Å². The molecule has 0 amide bonds. The molecule has 2 aromatic rings. The standard InChI is InChI=1S/C11H15N3O/c1-11(12,8-15)6-9-7-14-5-3-2-4-10(14)13-9/h2-5,7,15H,6,8,12H2,1H3. The third kappa shape index (κ3) is 2.16. The summed E-state index contributed by atoms with van der Waals surface area (Å²) in [6.45, 7) is 1.78. The maximum atomic E-state index is 9.07. The number of rotatable bonds is 3. The highest BCUT2D eigenvalue weighted by atomic mass is 16.3. The zero-order valence-corrected chi connectivity index (χ0v) is 8.72. The fourth-order valence-corrected chi connectivity index (χ4v) is 1.54. The molecule has 0 bridgehead atoms. The topological polar surface area (TPSA) is 63.5 Å². The van der Waals surface area contributed by atoms with Crippen molar-refractivity contribution in [2.75, 3.05) is 6.61 Å². The predicted octanol–water partition coefficient (Wildman–Crippen LogP) is 0.586. The van der Waals surface area contributed by atoms with Gasteiger partial charge in [-0.3, -0.25) is 0 Å². The molecule has 2 heterocycles. The van der Waals surface area contributed by atoms with Crippen molar-refractivity contribution < 1.29 is 5.11 Å². The minimum Gasteiger partial charge on any atom is -0.394 e. The smallest absolute Gasteiger partial charge is 0.136 e. The SMILES string of the molecule is CC(N)(CO)Cc1cn2ccccc2n1. The summed E-state index contributed by atoms with van der Waals surface area (Å²) in [5, 5.41) is 9.07. The van der Waals surface area contributed by atoms with Gasteiger partial charge in [0.25, 0.3) is 0 Å². The van der Waals surface area contributed by atoms with E-state index < -0.39 is 5.54 Å². The summed E-state index contributed by atoms with van der Waals surface area (Å²) < 4.78 is 1.95. The summed E-state index contributed by atoms with van der Waals surface area (Å²) in [5.41, 5.74) is 7.08. The van der Waals surface area contributed by atoms with Gasteiger partial charge in [-0.25, -0.2) is 4.98 Å². The number of nitrogens with zero attached hydrogens (tertiary/aromatic N) is 2. The Bertz CT molecular complexity index is 429. The Kier molecular flexibility index (Phi) is 2.46. The zero-order valence-electron chi connectivity index (χ0n) is 8.72. The van der Waals surface area contributed by atoms with E-state index in [0.717, 1.165) is 11.3 Å². The molecule has 1 atom stereocenters. The number of aromatic nitrogens is 2. The molecular formula is C11H15N3O. The molecule has 4 heteroatoms. The Balaban J connectivity index is 2.30. The molecule has 0 fully saturated rings. The van der Waals surface area contributed by atoms with Crippen LogP contribution in [0, 0.1) is 0 Å². The zero-order chi connectivity index (χ0) is 10.9. The van der Waals surface area contributed by atoms with Gasteiger partial charge in [-0.2, -0.15) is 0 Å². The monoisotopic (exact) mass is 205 g/mol. The second-order valence-corrected chi connectivity index (χ2v) is 4.19. The minimum absolute atomic E-state index is 0.0408. The molecule has 0 spiro atoms. The van der Waals surface area contributed by atoms with Crippen LogP contribution in [0.1, 0.15) is 12.6 Å². The summed E-state index contributed by atoms with van der Waals surface area (Å²) in [6.07, 6.45) is 4.46. The van der Waals surface area contributed by atoms with Gasteiger partial charge in [0.1, 0.15) is 5.65 Å². The second-order valence-electron chi connectivity index (χ2n) is 4.19. The lowest BCUT2D eigenvalue weighted by atomic mass is 9.99. The molecule has 0 aliphatic rings. The fourth-order valence-electron chi connectivity index (χ4n) is 1.54. The van der Waals surface area contributed by atoms with E-state index in [1.165, 1.54) is 0 Å². The summed E-state index contributed by atoms with van der Waals surface area (Å²) >= 11 is 0. The maximum absolute atomic E-state index is 9.07. The second kappa shape index (κ2) is 3.64. The molecule has 0 radical (unpaired) electrons. The Morgan fingerprint density at radius 1 is 1.53 bits per heavy atom. The lowest BCUT2D eigenvalue weighted by Crippen LogP contribution is -2.42. The van der Waals surface area contributed by atoms with Crippen LogP contribution in [0.4, 0.5) is 0 Å². The number of imidazole rings is 1. The van der Waals surface area contributed by atoms with Crippen molar-refractivity contribution in [2.24, 2.45) is 5.73 Å². The van der Waals surface area contributed by atoms with Crippen LogP contribution >= 0.6 is 0 Å². The molecule has 2 aromatic heterocycles. The number of fused-ring (bicyclic) bond motifs is 1. The molecule has 3 N–H and O–H groups in total. The van der Waals surface area contributed by atoms with E-state index in [-0.39, 0.29) is 6.61 Å². The first-order valence-electron chi connectivity index (χ1n) is 4.93. The summed E-state index contributed by atoms with van der Waals surface area (Å²) in [5.74, 6) is 0. The van der Waals surface area contributed by atoms with Crippen LogP contribution in [0.5, 0.6) is 0 Å². The summed E-state index contributed by atoms with van der Waals surface area (Å²) in [6, 6.07) is 5.84. The highest BCUT2D eigenvalue weighted by Gasteiger charge is 2.19. The Hall–Kier alpha value is -1.39. The summed E-state index contributed by atoms with van der Waals surface area (Å²) in [4.78, 5) is 4.42. The van der Waals surface area contributed by atoms with E-state index in [1.54, 1.807) is 0 Å². The molecule has 15 heavy (non-hydrogen) atoms. The van der Waals surface area contributed by atoms with Crippen molar-refractivity contribution in [3.05, 3.63) is 36.3 Å². The highest BCUT2D eigenvalue weighted by Crippen LogP contribution is 2.11. The third-order valence-electron chi connectivity index (χ3n) is 2.36. The lowest BCUT2D eigenvalue weighted by Gasteiger charge is -2.19. The van der Waals surface area contributed by atoms with E-state index in [4.69, 9.17) is 10.8 Å². The van der Waals surface area contributed by atoms with Gasteiger partial charge in [-0.15, -0.1) is 0 Å². The van der Waals surface area contributed by atoms with Crippen molar-refractivity contribution >= 4 is 5.65 Å². The van der Waals surface area contributed by atoms with Gasteiger partial charge in [-0.1, -0.05) is 6.07 Å². The Morgan fingerprint density at radius 2 is 2.33 bits per heavy atom. The van der Waals surface area contributed by atoms with Crippen LogP contribution in [0.25, 0.3) is 5.65 Å². The summed E-state index contributed by atoms with van der Waals surface area (Å²) in [7, 11) is 0. The van der Waals surface area contributed by atoms with Crippen molar-refractivity contribution in [1.29, 1.82) is 0 Å². The van der Waals surface area contributed by atoms with E-state index in [0.29, 0.717) is 6.42 Å². The third-order valence-corrected chi connectivity index (χ3v) is 2.36.